The lowest BCUT2D eigenvalue weighted by Crippen LogP contribution is -2.06. The molecule has 0 aliphatic rings. The smallest absolute Gasteiger partial charge is 0.238 e. The van der Waals surface area contributed by atoms with Gasteiger partial charge in [-0.1, -0.05) is 170 Å². The van der Waals surface area contributed by atoms with Gasteiger partial charge in [0.25, 0.3) is 0 Å². The van der Waals surface area contributed by atoms with E-state index in [4.69, 9.17) is 19.9 Å². The maximum Gasteiger partial charge on any atom is 0.238 e. The first-order valence-corrected chi connectivity index (χ1v) is 19.5. The summed E-state index contributed by atoms with van der Waals surface area (Å²) in [5, 5.41) is 5.67. The number of imidazole rings is 1. The molecule has 4 heterocycles. The third-order valence-electron chi connectivity index (χ3n) is 11.4. The van der Waals surface area contributed by atoms with E-state index in [2.05, 4.69) is 191 Å². The molecule has 270 valence electrons. The van der Waals surface area contributed by atoms with Crippen LogP contribution in [0.4, 0.5) is 0 Å². The van der Waals surface area contributed by atoms with Crippen LogP contribution < -0.4 is 0 Å². The van der Waals surface area contributed by atoms with Gasteiger partial charge in [0, 0.05) is 32.7 Å². The summed E-state index contributed by atoms with van der Waals surface area (Å²) in [7, 11) is 0. The number of hydrogen-bond acceptors (Lipinski definition) is 4. The van der Waals surface area contributed by atoms with Crippen molar-refractivity contribution in [2.24, 2.45) is 0 Å². The second kappa shape index (κ2) is 12.8. The largest absolute Gasteiger partial charge is 0.292 e. The fraction of sp³-hybridized carbons (Fsp3) is 0. The van der Waals surface area contributed by atoms with Gasteiger partial charge >= 0.3 is 0 Å². The highest BCUT2D eigenvalue weighted by atomic mass is 15.2. The van der Waals surface area contributed by atoms with Crippen LogP contribution in [0.1, 0.15) is 0 Å². The lowest BCUT2D eigenvalue weighted by molar-refractivity contribution is 0.954. The van der Waals surface area contributed by atoms with Crippen LogP contribution in [0.2, 0.25) is 0 Å². The van der Waals surface area contributed by atoms with Crippen molar-refractivity contribution in [3.05, 3.63) is 194 Å². The van der Waals surface area contributed by atoms with Crippen LogP contribution in [0, 0.1) is 0 Å². The molecule has 0 saturated carbocycles. The summed E-state index contributed by atoms with van der Waals surface area (Å²) in [6.45, 7) is 0. The average Bonchev–Trinajstić information content (AvgIpc) is 3.87. The fourth-order valence-electron chi connectivity index (χ4n) is 8.64. The Morgan fingerprint density at radius 3 is 1.36 bits per heavy atom. The van der Waals surface area contributed by atoms with E-state index in [1.165, 1.54) is 10.8 Å². The second-order valence-corrected chi connectivity index (χ2v) is 14.7. The molecule has 6 nitrogen and oxygen atoms in total. The van der Waals surface area contributed by atoms with Gasteiger partial charge in [-0.05, 0) is 51.9 Å². The molecule has 12 rings (SSSR count). The van der Waals surface area contributed by atoms with Crippen LogP contribution in [0.3, 0.4) is 0 Å². The molecule has 6 heteroatoms. The van der Waals surface area contributed by atoms with Gasteiger partial charge in [-0.3, -0.25) is 8.97 Å². The molecule has 0 bridgehead atoms. The first kappa shape index (κ1) is 32.3. The van der Waals surface area contributed by atoms with Gasteiger partial charge in [0.1, 0.15) is 11.2 Å². The molecule has 0 radical (unpaired) electrons. The third-order valence-corrected chi connectivity index (χ3v) is 11.4. The summed E-state index contributed by atoms with van der Waals surface area (Å²) in [6.07, 6.45) is 0. The number of fused-ring (bicyclic) bond motifs is 12. The number of nitrogens with zero attached hydrogens (tertiary/aromatic N) is 6. The highest BCUT2D eigenvalue weighted by Gasteiger charge is 2.23. The van der Waals surface area contributed by atoms with Crippen molar-refractivity contribution in [1.82, 2.24) is 28.9 Å². The van der Waals surface area contributed by atoms with Crippen molar-refractivity contribution in [3.63, 3.8) is 0 Å². The number of hydrogen-bond donors (Lipinski definition) is 0. The Kier molecular flexibility index (Phi) is 7.13. The topological polar surface area (TPSA) is 60.9 Å². The van der Waals surface area contributed by atoms with Crippen LogP contribution in [-0.2, 0) is 0 Å². The Morgan fingerprint density at radius 1 is 0.293 bits per heavy atom. The van der Waals surface area contributed by atoms with Gasteiger partial charge in [-0.2, -0.15) is 9.97 Å². The molecule has 0 amide bonds. The van der Waals surface area contributed by atoms with E-state index >= 15 is 0 Å². The van der Waals surface area contributed by atoms with E-state index in [0.717, 1.165) is 82.8 Å². The zero-order chi connectivity index (χ0) is 38.2. The van der Waals surface area contributed by atoms with Crippen LogP contribution in [-0.4, -0.2) is 28.9 Å². The zero-order valence-corrected chi connectivity index (χ0v) is 31.2. The summed E-state index contributed by atoms with van der Waals surface area (Å²) in [4.78, 5) is 21.3. The molecule has 0 atom stereocenters. The van der Waals surface area contributed by atoms with Gasteiger partial charge in [0.2, 0.25) is 5.95 Å². The average molecular weight is 741 g/mol. The zero-order valence-electron chi connectivity index (χ0n) is 31.2. The SMILES string of the molecule is c1ccc(-c2ccc(-c3nc(-c4ccc(-c5ccccc5)cc4)nc(-n4c5ccccc5c5ccc6c(nc7c8ccccc8c8ccccc8n67)c54)n3)cc2)cc1. The van der Waals surface area contributed by atoms with E-state index in [1.54, 1.807) is 0 Å². The van der Waals surface area contributed by atoms with E-state index in [1.807, 2.05) is 12.1 Å². The van der Waals surface area contributed by atoms with Crippen LogP contribution in [0.5, 0.6) is 0 Å². The van der Waals surface area contributed by atoms with Gasteiger partial charge < -0.3 is 0 Å². The van der Waals surface area contributed by atoms with E-state index in [9.17, 15) is 0 Å². The minimum Gasteiger partial charge on any atom is -0.292 e. The molecule has 0 saturated heterocycles. The molecule has 0 aliphatic heterocycles. The lowest BCUT2D eigenvalue weighted by Gasteiger charge is -2.12. The Morgan fingerprint density at radius 2 is 0.759 bits per heavy atom. The maximum atomic E-state index is 5.51. The molecule has 0 fully saturated rings. The predicted molar refractivity (Wildman–Crippen MR) is 237 cm³/mol. The monoisotopic (exact) mass is 740 g/mol. The normalized spacial score (nSPS) is 11.8. The Balaban J connectivity index is 1.14. The highest BCUT2D eigenvalue weighted by Crippen LogP contribution is 2.39. The highest BCUT2D eigenvalue weighted by molar-refractivity contribution is 6.20. The molecule has 0 unspecified atom stereocenters. The summed E-state index contributed by atoms with van der Waals surface area (Å²) in [5.74, 6) is 1.72. The molecule has 8 aromatic carbocycles. The van der Waals surface area contributed by atoms with Crippen LogP contribution >= 0.6 is 0 Å². The number of benzene rings is 8. The molecule has 12 aromatic rings. The van der Waals surface area contributed by atoms with Crippen LogP contribution in [0.25, 0.3) is 111 Å². The lowest BCUT2D eigenvalue weighted by atomic mass is 10.0. The molecule has 4 aromatic heterocycles. The summed E-state index contributed by atoms with van der Waals surface area (Å²) in [6, 6.07) is 67.9. The molecular weight excluding hydrogens is 709 g/mol. The third kappa shape index (κ3) is 4.98. The first-order valence-electron chi connectivity index (χ1n) is 19.5. The van der Waals surface area contributed by atoms with Crippen LogP contribution in [0.15, 0.2) is 194 Å². The molecule has 0 N–H and O–H groups in total. The predicted octanol–water partition coefficient (Wildman–Crippen LogP) is 12.7. The number of para-hydroxylation sites is 2. The Bertz CT molecular complexity index is 3430. The van der Waals surface area contributed by atoms with Gasteiger partial charge in [-0.15, -0.1) is 0 Å². The Hall–Kier alpha value is -7.96. The number of rotatable bonds is 5. The maximum absolute atomic E-state index is 5.51. The van der Waals surface area contributed by atoms with Gasteiger partial charge in [-0.25, -0.2) is 9.97 Å². The summed E-state index contributed by atoms with van der Waals surface area (Å²) < 4.78 is 4.50. The van der Waals surface area contributed by atoms with Gasteiger partial charge in [0.15, 0.2) is 11.6 Å². The number of aromatic nitrogens is 6. The molecule has 0 aliphatic carbocycles. The van der Waals surface area contributed by atoms with Crippen molar-refractivity contribution in [2.75, 3.05) is 0 Å². The first-order chi connectivity index (χ1) is 28.8. The number of pyridine rings is 1. The molecule has 0 spiro atoms. The standard InChI is InChI=1S/C52H32N6/c1-3-13-33(14-4-1)35-23-27-37(28-24-35)49-54-50(38-29-25-36(26-30-38)34-15-5-2-6-16-34)56-52(55-49)58-45-22-12-10-19-41(45)42-31-32-46-47(48(42)58)53-51-43-20-8-7-17-39(43)40-18-9-11-21-44(40)57(46)51/h1-32H. The Labute approximate surface area is 333 Å². The van der Waals surface area contributed by atoms with Crippen molar-refractivity contribution in [1.29, 1.82) is 0 Å². The minimum absolute atomic E-state index is 0.532. The van der Waals surface area contributed by atoms with E-state index < -0.39 is 0 Å². The van der Waals surface area contributed by atoms with Crippen molar-refractivity contribution >= 4 is 60.2 Å². The van der Waals surface area contributed by atoms with Crippen molar-refractivity contribution in [3.8, 4) is 51.0 Å². The fourth-order valence-corrected chi connectivity index (χ4v) is 8.64. The van der Waals surface area contributed by atoms with Crippen molar-refractivity contribution in [2.45, 2.75) is 0 Å². The molecular formula is C52H32N6. The van der Waals surface area contributed by atoms with Crippen molar-refractivity contribution < 1.29 is 0 Å². The van der Waals surface area contributed by atoms with Gasteiger partial charge in [0.05, 0.1) is 22.1 Å². The second-order valence-electron chi connectivity index (χ2n) is 14.7. The molecule has 58 heavy (non-hydrogen) atoms. The minimum atomic E-state index is 0.532. The summed E-state index contributed by atoms with van der Waals surface area (Å²) >= 11 is 0. The summed E-state index contributed by atoms with van der Waals surface area (Å²) in [5.41, 5.74) is 12.3. The van der Waals surface area contributed by atoms with E-state index in [-0.39, 0.29) is 0 Å². The quantitative estimate of drug-likeness (QED) is 0.165. The van der Waals surface area contributed by atoms with E-state index in [0.29, 0.717) is 17.6 Å².